The van der Waals surface area contributed by atoms with Crippen LogP contribution >= 0.6 is 27.5 Å². The van der Waals surface area contributed by atoms with Crippen LogP contribution in [0.4, 0.5) is 5.69 Å². The van der Waals surface area contributed by atoms with Gasteiger partial charge in [-0.2, -0.15) is 0 Å². The molecule has 2 heterocycles. The summed E-state index contributed by atoms with van der Waals surface area (Å²) in [6, 6.07) is 2.98. The number of pyridine rings is 1. The number of fused-ring (bicyclic) bond motifs is 1. The summed E-state index contributed by atoms with van der Waals surface area (Å²) in [6.45, 7) is 0. The highest BCUT2D eigenvalue weighted by molar-refractivity contribution is 9.10. The van der Waals surface area contributed by atoms with Crippen molar-refractivity contribution < 1.29 is 18.3 Å². The van der Waals surface area contributed by atoms with E-state index in [1.54, 1.807) is 0 Å². The van der Waals surface area contributed by atoms with E-state index in [0.29, 0.717) is 4.60 Å². The van der Waals surface area contributed by atoms with Crippen LogP contribution in [0.15, 0.2) is 16.7 Å². The number of anilines is 1. The van der Waals surface area contributed by atoms with Crippen molar-refractivity contribution in [3.8, 4) is 0 Å². The lowest BCUT2D eigenvalue weighted by atomic mass is 10.4. The Bertz CT molecular complexity index is 786. The minimum atomic E-state index is -3.51. The molecular formula is C9H7BrClN3O4S. The third-order valence-corrected chi connectivity index (χ3v) is 3.72. The number of imidazole rings is 1. The fourth-order valence-electron chi connectivity index (χ4n) is 1.49. The van der Waals surface area contributed by atoms with Crippen LogP contribution in [-0.2, 0) is 10.0 Å². The van der Waals surface area contributed by atoms with E-state index in [1.807, 2.05) is 0 Å². The summed E-state index contributed by atoms with van der Waals surface area (Å²) in [4.78, 5) is 14.8. The summed E-state index contributed by atoms with van der Waals surface area (Å²) in [6.07, 6.45) is 0.980. The lowest BCUT2D eigenvalue weighted by Crippen LogP contribution is -2.10. The number of carbonyl (C=O) groups is 1. The van der Waals surface area contributed by atoms with Gasteiger partial charge in [0.2, 0.25) is 10.0 Å². The molecule has 0 aliphatic heterocycles. The van der Waals surface area contributed by atoms with E-state index in [4.69, 9.17) is 16.7 Å². The van der Waals surface area contributed by atoms with Gasteiger partial charge in [0, 0.05) is 0 Å². The van der Waals surface area contributed by atoms with E-state index in [2.05, 4.69) is 25.6 Å². The van der Waals surface area contributed by atoms with Crippen LogP contribution < -0.4 is 4.72 Å². The summed E-state index contributed by atoms with van der Waals surface area (Å²) < 4.78 is 26.5. The average Bonchev–Trinajstić information content (AvgIpc) is 2.60. The van der Waals surface area contributed by atoms with Gasteiger partial charge < -0.3 is 5.11 Å². The Morgan fingerprint density at radius 3 is 2.68 bits per heavy atom. The minimum absolute atomic E-state index is 0.0993. The van der Waals surface area contributed by atoms with Crippen molar-refractivity contribution in [1.82, 2.24) is 9.38 Å². The third kappa shape index (κ3) is 2.67. The second-order valence-electron chi connectivity index (χ2n) is 3.66. The van der Waals surface area contributed by atoms with Crippen molar-refractivity contribution in [1.29, 1.82) is 0 Å². The predicted molar refractivity (Wildman–Crippen MR) is 73.3 cm³/mol. The van der Waals surface area contributed by atoms with Crippen LogP contribution in [0.1, 0.15) is 10.5 Å². The largest absolute Gasteiger partial charge is 0.476 e. The smallest absolute Gasteiger partial charge is 0.357 e. The lowest BCUT2D eigenvalue weighted by Gasteiger charge is -2.06. The van der Waals surface area contributed by atoms with E-state index < -0.39 is 16.0 Å². The normalized spacial score (nSPS) is 11.7. The highest BCUT2D eigenvalue weighted by Crippen LogP contribution is 2.28. The SMILES string of the molecule is CS(=O)(=O)Nc1ccc(Br)n2c(Cl)c(C(=O)O)nc12. The number of carboxylic acid groups (broad SMARTS) is 1. The monoisotopic (exact) mass is 367 g/mol. The number of nitrogens with one attached hydrogen (secondary N) is 1. The molecule has 0 spiro atoms. The first-order valence-corrected chi connectivity index (χ1v) is 7.84. The molecule has 0 saturated heterocycles. The first-order chi connectivity index (χ1) is 8.70. The summed E-state index contributed by atoms with van der Waals surface area (Å²) in [5, 5.41) is 8.85. The van der Waals surface area contributed by atoms with Crippen molar-refractivity contribution in [3.05, 3.63) is 27.6 Å². The molecule has 0 aliphatic rings. The number of rotatable bonds is 3. The fraction of sp³-hybridized carbons (Fsp3) is 0.111. The third-order valence-electron chi connectivity index (χ3n) is 2.16. The van der Waals surface area contributed by atoms with Gasteiger partial charge in [-0.1, -0.05) is 11.6 Å². The number of carboxylic acids is 1. The molecule has 10 heteroatoms. The van der Waals surface area contributed by atoms with Gasteiger partial charge in [-0.05, 0) is 28.1 Å². The Labute approximate surface area is 121 Å². The topological polar surface area (TPSA) is 101 Å². The number of nitrogens with zero attached hydrogens (tertiary/aromatic N) is 2. The predicted octanol–water partition coefficient (Wildman–Crippen LogP) is 1.82. The Balaban J connectivity index is 2.79. The molecule has 0 saturated carbocycles. The second-order valence-corrected chi connectivity index (χ2v) is 6.58. The molecule has 0 unspecified atom stereocenters. The number of halogens is 2. The van der Waals surface area contributed by atoms with Gasteiger partial charge in [-0.3, -0.25) is 9.12 Å². The number of hydrogen-bond donors (Lipinski definition) is 2. The van der Waals surface area contributed by atoms with Gasteiger partial charge >= 0.3 is 5.97 Å². The molecule has 0 bridgehead atoms. The summed E-state index contributed by atoms with van der Waals surface area (Å²) in [7, 11) is -3.51. The highest BCUT2D eigenvalue weighted by atomic mass is 79.9. The number of aromatic nitrogens is 2. The van der Waals surface area contributed by atoms with E-state index in [0.717, 1.165) is 6.26 Å². The Kier molecular flexibility index (Phi) is 3.45. The Hall–Kier alpha value is -1.32. The van der Waals surface area contributed by atoms with Gasteiger partial charge in [-0.15, -0.1) is 0 Å². The van der Waals surface area contributed by atoms with Crippen molar-refractivity contribution in [2.75, 3.05) is 11.0 Å². The van der Waals surface area contributed by atoms with Gasteiger partial charge in [-0.25, -0.2) is 18.2 Å². The van der Waals surface area contributed by atoms with Crippen LogP contribution in [0.5, 0.6) is 0 Å². The molecule has 0 aromatic carbocycles. The van der Waals surface area contributed by atoms with Gasteiger partial charge in [0.05, 0.1) is 16.5 Å². The van der Waals surface area contributed by atoms with Gasteiger partial charge in [0.15, 0.2) is 11.3 Å². The summed E-state index contributed by atoms with van der Waals surface area (Å²) in [5.41, 5.74) is -0.118. The lowest BCUT2D eigenvalue weighted by molar-refractivity contribution is 0.0691. The zero-order valence-electron chi connectivity index (χ0n) is 9.39. The van der Waals surface area contributed by atoms with Crippen molar-refractivity contribution in [2.24, 2.45) is 0 Å². The van der Waals surface area contributed by atoms with Crippen molar-refractivity contribution >= 4 is 54.9 Å². The molecule has 102 valence electrons. The maximum atomic E-state index is 11.2. The van der Waals surface area contributed by atoms with Gasteiger partial charge in [0.1, 0.15) is 5.15 Å². The van der Waals surface area contributed by atoms with Crippen LogP contribution in [0, 0.1) is 0 Å². The molecule has 2 aromatic heterocycles. The molecule has 0 fully saturated rings. The minimum Gasteiger partial charge on any atom is -0.476 e. The number of hydrogen-bond acceptors (Lipinski definition) is 4. The molecule has 0 atom stereocenters. The number of aromatic carboxylic acids is 1. The molecule has 2 rings (SSSR count). The first-order valence-electron chi connectivity index (χ1n) is 4.78. The van der Waals surface area contributed by atoms with Crippen LogP contribution in [0.2, 0.25) is 5.15 Å². The number of sulfonamides is 1. The molecular weight excluding hydrogens is 362 g/mol. The first kappa shape index (κ1) is 14.1. The van der Waals surface area contributed by atoms with Crippen LogP contribution in [0.3, 0.4) is 0 Å². The zero-order chi connectivity index (χ0) is 14.4. The molecule has 7 nitrogen and oxygen atoms in total. The average molecular weight is 369 g/mol. The van der Waals surface area contributed by atoms with Crippen molar-refractivity contribution in [2.45, 2.75) is 0 Å². The Morgan fingerprint density at radius 1 is 1.53 bits per heavy atom. The zero-order valence-corrected chi connectivity index (χ0v) is 12.5. The summed E-state index contributed by atoms with van der Waals surface area (Å²) >= 11 is 9.11. The van der Waals surface area contributed by atoms with E-state index >= 15 is 0 Å². The molecule has 2 N–H and O–H groups in total. The second kappa shape index (κ2) is 4.66. The molecule has 0 radical (unpaired) electrons. The van der Waals surface area contributed by atoms with E-state index in [-0.39, 0.29) is 22.2 Å². The Morgan fingerprint density at radius 2 is 2.16 bits per heavy atom. The van der Waals surface area contributed by atoms with E-state index in [1.165, 1.54) is 16.5 Å². The van der Waals surface area contributed by atoms with Crippen molar-refractivity contribution in [3.63, 3.8) is 0 Å². The molecule has 2 aromatic rings. The molecule has 0 aliphatic carbocycles. The van der Waals surface area contributed by atoms with Gasteiger partial charge in [0.25, 0.3) is 0 Å². The summed E-state index contributed by atoms with van der Waals surface area (Å²) in [5.74, 6) is -1.30. The quantitative estimate of drug-likeness (QED) is 0.805. The van der Waals surface area contributed by atoms with Crippen LogP contribution in [0.25, 0.3) is 5.65 Å². The maximum absolute atomic E-state index is 11.2. The standard InChI is InChI=1S/C9H7BrClN3O4S/c1-19(17,18)13-4-2-3-5(10)14-7(11)6(9(15)16)12-8(4)14/h2-3,13H,1H3,(H,15,16). The van der Waals surface area contributed by atoms with Crippen LogP contribution in [-0.4, -0.2) is 35.1 Å². The maximum Gasteiger partial charge on any atom is 0.357 e. The molecule has 19 heavy (non-hydrogen) atoms. The highest BCUT2D eigenvalue weighted by Gasteiger charge is 2.21. The molecule has 0 amide bonds. The fourth-order valence-corrected chi connectivity index (χ4v) is 2.93. The van der Waals surface area contributed by atoms with E-state index in [9.17, 15) is 13.2 Å².